The Kier molecular flexibility index (Phi) is 5.80. The maximum atomic E-state index is 12.5. The molecule has 0 bridgehead atoms. The summed E-state index contributed by atoms with van der Waals surface area (Å²) in [6, 6.07) is 11.0. The number of carbonyl (C=O) groups is 1. The van der Waals surface area contributed by atoms with E-state index in [2.05, 4.69) is 30.7 Å². The van der Waals surface area contributed by atoms with Crippen molar-refractivity contribution in [3.63, 3.8) is 0 Å². The summed E-state index contributed by atoms with van der Waals surface area (Å²) in [6.45, 7) is 3.86. The van der Waals surface area contributed by atoms with Crippen LogP contribution in [-0.2, 0) is 7.05 Å². The summed E-state index contributed by atoms with van der Waals surface area (Å²) >= 11 is 0. The van der Waals surface area contributed by atoms with E-state index in [1.54, 1.807) is 49.6 Å². The predicted molar refractivity (Wildman–Crippen MR) is 122 cm³/mol. The van der Waals surface area contributed by atoms with E-state index in [4.69, 9.17) is 4.74 Å². The molecule has 4 rings (SSSR count). The normalized spacial score (nSPS) is 10.6. The van der Waals surface area contributed by atoms with Crippen molar-refractivity contribution < 1.29 is 9.53 Å². The van der Waals surface area contributed by atoms with Crippen LogP contribution in [0.1, 0.15) is 21.7 Å². The van der Waals surface area contributed by atoms with Crippen LogP contribution >= 0.6 is 0 Å². The third-order valence-corrected chi connectivity index (χ3v) is 4.99. The van der Waals surface area contributed by atoms with Crippen molar-refractivity contribution in [2.24, 2.45) is 7.05 Å². The smallest absolute Gasteiger partial charge is 0.276 e. The van der Waals surface area contributed by atoms with Gasteiger partial charge in [0, 0.05) is 42.1 Å². The van der Waals surface area contributed by atoms with Crippen molar-refractivity contribution in [2.75, 3.05) is 17.7 Å². The maximum absolute atomic E-state index is 12.5. The lowest BCUT2D eigenvalue weighted by atomic mass is 10.1. The fourth-order valence-electron chi connectivity index (χ4n) is 3.07. The molecule has 3 aromatic heterocycles. The molecule has 0 aliphatic carbocycles. The third kappa shape index (κ3) is 4.56. The van der Waals surface area contributed by atoms with E-state index in [0.29, 0.717) is 28.8 Å². The Morgan fingerprint density at radius 2 is 1.94 bits per heavy atom. The summed E-state index contributed by atoms with van der Waals surface area (Å²) in [5, 5.41) is 10.3. The van der Waals surface area contributed by atoms with Crippen LogP contribution in [-0.4, -0.2) is 37.7 Å². The first kappa shape index (κ1) is 21.0. The molecular weight excluding hydrogens is 406 g/mol. The number of methoxy groups -OCH3 is 1. The molecule has 9 heteroatoms. The first-order valence-electron chi connectivity index (χ1n) is 9.95. The molecule has 32 heavy (non-hydrogen) atoms. The third-order valence-electron chi connectivity index (χ3n) is 4.99. The molecule has 9 nitrogen and oxygen atoms in total. The van der Waals surface area contributed by atoms with Crippen molar-refractivity contribution in [3.8, 4) is 17.0 Å². The summed E-state index contributed by atoms with van der Waals surface area (Å²) < 4.78 is 6.91. The van der Waals surface area contributed by atoms with Gasteiger partial charge in [-0.15, -0.1) is 0 Å². The van der Waals surface area contributed by atoms with Gasteiger partial charge in [0.15, 0.2) is 5.69 Å². The summed E-state index contributed by atoms with van der Waals surface area (Å²) in [6.07, 6.45) is 5.03. The number of nitrogens with zero attached hydrogens (tertiary/aromatic N) is 5. The standard InChI is InChI=1S/C23H23N7O2/c1-14-5-6-17(26-22(31)21-9-15(2)30(3)29-21)11-20(14)28-23-25-8-7-19(27-23)16-10-18(32-4)13-24-12-16/h5-13H,1-4H3,(H,26,31)(H,25,27,28). The van der Waals surface area contributed by atoms with E-state index >= 15 is 0 Å². The molecule has 1 aromatic carbocycles. The van der Waals surface area contributed by atoms with Gasteiger partial charge in [0.2, 0.25) is 5.95 Å². The molecule has 4 aromatic rings. The number of hydrogen-bond donors (Lipinski definition) is 2. The highest BCUT2D eigenvalue weighted by molar-refractivity contribution is 6.03. The van der Waals surface area contributed by atoms with Gasteiger partial charge in [-0.05, 0) is 49.7 Å². The molecule has 0 unspecified atom stereocenters. The van der Waals surface area contributed by atoms with E-state index < -0.39 is 0 Å². The topological polar surface area (TPSA) is 107 Å². The quantitative estimate of drug-likeness (QED) is 0.479. The number of ether oxygens (including phenoxy) is 1. The number of benzene rings is 1. The lowest BCUT2D eigenvalue weighted by Gasteiger charge is -2.12. The highest BCUT2D eigenvalue weighted by Gasteiger charge is 2.12. The summed E-state index contributed by atoms with van der Waals surface area (Å²) in [5.74, 6) is 0.808. The fourth-order valence-corrected chi connectivity index (χ4v) is 3.07. The molecule has 0 aliphatic rings. The molecule has 0 radical (unpaired) electrons. The van der Waals surface area contributed by atoms with Crippen LogP contribution in [0.25, 0.3) is 11.3 Å². The highest BCUT2D eigenvalue weighted by atomic mass is 16.5. The summed E-state index contributed by atoms with van der Waals surface area (Å²) in [7, 11) is 3.40. The molecule has 0 aliphatic heterocycles. The summed E-state index contributed by atoms with van der Waals surface area (Å²) in [5.41, 5.74) is 5.20. The Hall–Kier alpha value is -4.27. The van der Waals surface area contributed by atoms with Gasteiger partial charge in [-0.25, -0.2) is 9.97 Å². The molecule has 0 saturated heterocycles. The van der Waals surface area contributed by atoms with Gasteiger partial charge in [0.25, 0.3) is 5.91 Å². The van der Waals surface area contributed by atoms with E-state index in [-0.39, 0.29) is 5.91 Å². The Bertz CT molecular complexity index is 1260. The van der Waals surface area contributed by atoms with E-state index in [0.717, 1.165) is 22.5 Å². The average Bonchev–Trinajstić information content (AvgIpc) is 3.14. The SMILES string of the molecule is COc1cncc(-c2ccnc(Nc3cc(NC(=O)c4cc(C)n(C)n4)ccc3C)n2)c1. The highest BCUT2D eigenvalue weighted by Crippen LogP contribution is 2.25. The molecule has 0 spiro atoms. The van der Waals surface area contributed by atoms with Crippen molar-refractivity contribution in [1.82, 2.24) is 24.7 Å². The number of anilines is 3. The zero-order valence-electron chi connectivity index (χ0n) is 18.2. The van der Waals surface area contributed by atoms with Crippen molar-refractivity contribution in [1.29, 1.82) is 0 Å². The Morgan fingerprint density at radius 3 is 2.69 bits per heavy atom. The van der Waals surface area contributed by atoms with Gasteiger partial charge in [-0.3, -0.25) is 14.5 Å². The van der Waals surface area contributed by atoms with Crippen LogP contribution in [0, 0.1) is 13.8 Å². The number of aryl methyl sites for hydroxylation is 3. The van der Waals surface area contributed by atoms with E-state index in [1.165, 1.54) is 0 Å². The number of hydrogen-bond acceptors (Lipinski definition) is 7. The van der Waals surface area contributed by atoms with E-state index in [1.807, 2.05) is 38.1 Å². The second-order valence-corrected chi connectivity index (χ2v) is 7.28. The largest absolute Gasteiger partial charge is 0.495 e. The number of aromatic nitrogens is 5. The number of carbonyl (C=O) groups excluding carboxylic acids is 1. The predicted octanol–water partition coefficient (Wildman–Crippen LogP) is 3.89. The molecule has 3 heterocycles. The second kappa shape index (κ2) is 8.84. The number of amides is 1. The van der Waals surface area contributed by atoms with Gasteiger partial charge >= 0.3 is 0 Å². The first-order chi connectivity index (χ1) is 15.4. The Balaban J connectivity index is 1.55. The molecule has 0 fully saturated rings. The van der Waals surface area contributed by atoms with Crippen LogP contribution in [0.3, 0.4) is 0 Å². The number of nitrogens with one attached hydrogen (secondary N) is 2. The van der Waals surface area contributed by atoms with Crippen molar-refractivity contribution in [3.05, 3.63) is 71.9 Å². The lowest BCUT2D eigenvalue weighted by molar-refractivity contribution is 0.102. The van der Waals surface area contributed by atoms with Crippen LogP contribution < -0.4 is 15.4 Å². The van der Waals surface area contributed by atoms with Gasteiger partial charge in [-0.1, -0.05) is 6.07 Å². The summed E-state index contributed by atoms with van der Waals surface area (Å²) in [4.78, 5) is 25.6. The van der Waals surface area contributed by atoms with Crippen LogP contribution in [0.15, 0.2) is 55.0 Å². The molecule has 0 saturated carbocycles. The van der Waals surface area contributed by atoms with Gasteiger partial charge in [0.05, 0.1) is 19.0 Å². The molecule has 2 N–H and O–H groups in total. The number of pyridine rings is 1. The maximum Gasteiger partial charge on any atom is 0.276 e. The minimum atomic E-state index is -0.271. The lowest BCUT2D eigenvalue weighted by Crippen LogP contribution is -2.13. The second-order valence-electron chi connectivity index (χ2n) is 7.28. The van der Waals surface area contributed by atoms with E-state index in [9.17, 15) is 4.79 Å². The van der Waals surface area contributed by atoms with Gasteiger partial charge in [0.1, 0.15) is 5.75 Å². The number of rotatable bonds is 6. The van der Waals surface area contributed by atoms with Gasteiger partial charge < -0.3 is 15.4 Å². The average molecular weight is 429 g/mol. The Labute approximate surface area is 185 Å². The molecule has 1 amide bonds. The molecular formula is C23H23N7O2. The zero-order valence-corrected chi connectivity index (χ0v) is 18.2. The first-order valence-corrected chi connectivity index (χ1v) is 9.95. The minimum absolute atomic E-state index is 0.271. The zero-order chi connectivity index (χ0) is 22.7. The van der Waals surface area contributed by atoms with Gasteiger partial charge in [-0.2, -0.15) is 5.10 Å². The fraction of sp³-hybridized carbons (Fsp3) is 0.174. The molecule has 0 atom stereocenters. The van der Waals surface area contributed by atoms with Crippen LogP contribution in [0.4, 0.5) is 17.3 Å². The van der Waals surface area contributed by atoms with Crippen LogP contribution in [0.5, 0.6) is 5.75 Å². The van der Waals surface area contributed by atoms with Crippen LogP contribution in [0.2, 0.25) is 0 Å². The Morgan fingerprint density at radius 1 is 1.09 bits per heavy atom. The van der Waals surface area contributed by atoms with Crippen molar-refractivity contribution >= 4 is 23.2 Å². The molecule has 162 valence electrons. The minimum Gasteiger partial charge on any atom is -0.495 e. The van der Waals surface area contributed by atoms with Crippen molar-refractivity contribution in [2.45, 2.75) is 13.8 Å². The monoisotopic (exact) mass is 429 g/mol.